The predicted octanol–water partition coefficient (Wildman–Crippen LogP) is 2.00. The number of pyridine rings is 1. The third kappa shape index (κ3) is 4.02. The zero-order valence-corrected chi connectivity index (χ0v) is 15.6. The highest BCUT2D eigenvalue weighted by Crippen LogP contribution is 2.23. The summed E-state index contributed by atoms with van der Waals surface area (Å²) >= 11 is 0. The molecular weight excluding hydrogens is 371 g/mol. The van der Waals surface area contributed by atoms with Crippen LogP contribution in [0, 0.1) is 17.1 Å². The van der Waals surface area contributed by atoms with Gasteiger partial charge in [0.15, 0.2) is 0 Å². The van der Waals surface area contributed by atoms with Crippen molar-refractivity contribution in [2.75, 3.05) is 37.7 Å². The van der Waals surface area contributed by atoms with Gasteiger partial charge in [0.2, 0.25) is 15.9 Å². The lowest BCUT2D eigenvalue weighted by atomic mass is 10.2. The Morgan fingerprint density at radius 3 is 2.63 bits per heavy atom. The predicted molar refractivity (Wildman–Crippen MR) is 97.5 cm³/mol. The van der Waals surface area contributed by atoms with Crippen LogP contribution in [0.4, 0.5) is 10.2 Å². The molecule has 27 heavy (non-hydrogen) atoms. The Morgan fingerprint density at radius 1 is 1.22 bits per heavy atom. The summed E-state index contributed by atoms with van der Waals surface area (Å²) in [6.45, 7) is 3.86. The first kappa shape index (κ1) is 19.1. The Bertz CT molecular complexity index is 967. The first-order valence-corrected chi connectivity index (χ1v) is 9.94. The molecule has 1 aromatic carbocycles. The van der Waals surface area contributed by atoms with Crippen LogP contribution >= 0.6 is 0 Å². The van der Waals surface area contributed by atoms with Crippen LogP contribution in [0.2, 0.25) is 0 Å². The molecule has 1 fully saturated rings. The summed E-state index contributed by atoms with van der Waals surface area (Å²) in [6, 6.07) is 10.4. The number of sulfonamides is 1. The van der Waals surface area contributed by atoms with E-state index in [0.29, 0.717) is 25.6 Å². The summed E-state index contributed by atoms with van der Waals surface area (Å²) in [6.07, 6.45) is 0. The van der Waals surface area contributed by atoms with E-state index in [1.54, 1.807) is 12.1 Å². The monoisotopic (exact) mass is 390 g/mol. The molecule has 1 saturated heterocycles. The molecule has 2 heterocycles. The highest BCUT2D eigenvalue weighted by molar-refractivity contribution is 7.89. The number of ether oxygens (including phenoxy) is 1. The highest BCUT2D eigenvalue weighted by atomic mass is 32.2. The Morgan fingerprint density at radius 2 is 1.96 bits per heavy atom. The normalized spacial score (nSPS) is 15.4. The summed E-state index contributed by atoms with van der Waals surface area (Å²) in [4.78, 5) is 6.33. The summed E-state index contributed by atoms with van der Waals surface area (Å²) in [5, 5.41) is 8.92. The fourth-order valence-corrected chi connectivity index (χ4v) is 4.31. The van der Waals surface area contributed by atoms with Crippen molar-refractivity contribution >= 4 is 15.8 Å². The van der Waals surface area contributed by atoms with E-state index in [1.165, 1.54) is 10.4 Å². The van der Waals surface area contributed by atoms with Gasteiger partial charge in [0.25, 0.3) is 0 Å². The average molecular weight is 390 g/mol. The van der Waals surface area contributed by atoms with E-state index < -0.39 is 15.8 Å². The third-order valence-electron chi connectivity index (χ3n) is 4.26. The number of nitriles is 1. The summed E-state index contributed by atoms with van der Waals surface area (Å²) < 4.78 is 45.8. The summed E-state index contributed by atoms with van der Waals surface area (Å²) in [5.41, 5.74) is -0.286. The Kier molecular flexibility index (Phi) is 5.58. The van der Waals surface area contributed by atoms with Crippen LogP contribution in [-0.4, -0.2) is 50.5 Å². The molecule has 0 unspecified atom stereocenters. The van der Waals surface area contributed by atoms with Gasteiger partial charge >= 0.3 is 0 Å². The zero-order chi connectivity index (χ0) is 19.4. The van der Waals surface area contributed by atoms with E-state index in [9.17, 15) is 12.8 Å². The van der Waals surface area contributed by atoms with Gasteiger partial charge in [0.1, 0.15) is 17.7 Å². The maximum absolute atomic E-state index is 13.5. The topological polar surface area (TPSA) is 86.5 Å². The second-order valence-corrected chi connectivity index (χ2v) is 7.85. The van der Waals surface area contributed by atoms with Crippen molar-refractivity contribution in [3.63, 3.8) is 0 Å². The Labute approximate surface area is 157 Å². The quantitative estimate of drug-likeness (QED) is 0.776. The molecule has 0 spiro atoms. The van der Waals surface area contributed by atoms with Crippen LogP contribution in [0.5, 0.6) is 5.88 Å². The second-order valence-electron chi connectivity index (χ2n) is 5.91. The maximum atomic E-state index is 13.5. The molecule has 1 aliphatic rings. The van der Waals surface area contributed by atoms with Crippen LogP contribution in [0.3, 0.4) is 0 Å². The van der Waals surface area contributed by atoms with Crippen molar-refractivity contribution in [2.45, 2.75) is 11.8 Å². The lowest BCUT2D eigenvalue weighted by Gasteiger charge is -2.34. The van der Waals surface area contributed by atoms with Crippen LogP contribution in [0.15, 0.2) is 41.3 Å². The van der Waals surface area contributed by atoms with Crippen LogP contribution < -0.4 is 9.64 Å². The number of aromatic nitrogens is 1. The van der Waals surface area contributed by atoms with Crippen LogP contribution in [0.1, 0.15) is 12.5 Å². The number of benzene rings is 1. The molecule has 0 aliphatic carbocycles. The van der Waals surface area contributed by atoms with Crippen LogP contribution in [-0.2, 0) is 10.0 Å². The number of anilines is 1. The molecule has 3 rings (SSSR count). The lowest BCUT2D eigenvalue weighted by molar-refractivity contribution is 0.326. The lowest BCUT2D eigenvalue weighted by Crippen LogP contribution is -2.48. The average Bonchev–Trinajstić information content (AvgIpc) is 2.69. The largest absolute Gasteiger partial charge is 0.478 e. The standard InChI is InChI=1S/C18H19FN4O3S/c1-2-26-18-5-3-4-17(21-18)22-8-10-23(11-9-22)27(24,25)15-6-7-16(19)14(12-15)13-20/h3-7,12H,2,8-11H2,1H3. The minimum Gasteiger partial charge on any atom is -0.478 e. The number of piperazine rings is 1. The van der Waals surface area contributed by atoms with Crippen molar-refractivity contribution in [3.8, 4) is 11.9 Å². The molecule has 0 amide bonds. The number of halogens is 1. The van der Waals surface area contributed by atoms with Gasteiger partial charge in [0.05, 0.1) is 17.1 Å². The van der Waals surface area contributed by atoms with E-state index >= 15 is 0 Å². The first-order chi connectivity index (χ1) is 13.0. The molecule has 0 radical (unpaired) electrons. The highest BCUT2D eigenvalue weighted by Gasteiger charge is 2.29. The second kappa shape index (κ2) is 7.90. The minimum atomic E-state index is -3.79. The summed E-state index contributed by atoms with van der Waals surface area (Å²) in [7, 11) is -3.79. The molecule has 0 atom stereocenters. The molecule has 9 heteroatoms. The third-order valence-corrected chi connectivity index (χ3v) is 6.15. The van der Waals surface area contributed by atoms with Crippen LogP contribution in [0.25, 0.3) is 0 Å². The van der Waals surface area contributed by atoms with Gasteiger partial charge in [-0.05, 0) is 31.2 Å². The van der Waals surface area contributed by atoms with Gasteiger partial charge in [-0.1, -0.05) is 6.07 Å². The number of hydrogen-bond donors (Lipinski definition) is 0. The van der Waals surface area contributed by atoms with E-state index in [4.69, 9.17) is 10.00 Å². The summed E-state index contributed by atoms with van der Waals surface area (Å²) in [5.74, 6) is 0.522. The van der Waals surface area contributed by atoms with Gasteiger partial charge in [-0.25, -0.2) is 12.8 Å². The zero-order valence-electron chi connectivity index (χ0n) is 14.8. The van der Waals surface area contributed by atoms with Crippen molar-refractivity contribution < 1.29 is 17.5 Å². The van der Waals surface area contributed by atoms with E-state index in [-0.39, 0.29) is 23.5 Å². The van der Waals surface area contributed by atoms with Crippen molar-refractivity contribution in [3.05, 3.63) is 47.8 Å². The Hall–Kier alpha value is -2.70. The fourth-order valence-electron chi connectivity index (χ4n) is 2.87. The van der Waals surface area contributed by atoms with E-state index in [0.717, 1.165) is 18.0 Å². The SMILES string of the molecule is CCOc1cccc(N2CCN(S(=O)(=O)c3ccc(F)c(C#N)c3)CC2)n1. The molecule has 0 N–H and O–H groups in total. The number of hydrogen-bond acceptors (Lipinski definition) is 6. The molecular formula is C18H19FN4O3S. The fraction of sp³-hybridized carbons (Fsp3) is 0.333. The van der Waals surface area contributed by atoms with Crippen molar-refractivity contribution in [2.24, 2.45) is 0 Å². The van der Waals surface area contributed by atoms with E-state index in [1.807, 2.05) is 24.0 Å². The van der Waals surface area contributed by atoms with Crippen molar-refractivity contribution in [1.29, 1.82) is 5.26 Å². The van der Waals surface area contributed by atoms with Gasteiger partial charge in [-0.15, -0.1) is 0 Å². The van der Waals surface area contributed by atoms with Gasteiger partial charge in [-0.2, -0.15) is 14.6 Å². The molecule has 142 valence electrons. The minimum absolute atomic E-state index is 0.0784. The van der Waals surface area contributed by atoms with Gasteiger partial charge in [-0.3, -0.25) is 0 Å². The smallest absolute Gasteiger partial charge is 0.243 e. The maximum Gasteiger partial charge on any atom is 0.243 e. The van der Waals surface area contributed by atoms with Crippen molar-refractivity contribution in [1.82, 2.24) is 9.29 Å². The molecule has 2 aromatic rings. The first-order valence-electron chi connectivity index (χ1n) is 8.50. The molecule has 1 aliphatic heterocycles. The molecule has 7 nitrogen and oxygen atoms in total. The molecule has 0 saturated carbocycles. The Balaban J connectivity index is 1.73. The van der Waals surface area contributed by atoms with Gasteiger partial charge in [0, 0.05) is 32.2 Å². The number of nitrogens with zero attached hydrogens (tertiary/aromatic N) is 4. The van der Waals surface area contributed by atoms with E-state index in [2.05, 4.69) is 4.98 Å². The molecule has 1 aromatic heterocycles. The number of rotatable bonds is 5. The molecule has 0 bridgehead atoms. The van der Waals surface area contributed by atoms with Gasteiger partial charge < -0.3 is 9.64 Å².